The monoisotopic (exact) mass is 252 g/mol. The van der Waals surface area contributed by atoms with Gasteiger partial charge in [-0.1, -0.05) is 0 Å². The largest absolute Gasteiger partial charge is 0.497 e. The number of methoxy groups -OCH3 is 1. The van der Waals surface area contributed by atoms with Crippen LogP contribution in [0.1, 0.15) is 10.4 Å². The van der Waals surface area contributed by atoms with Crippen molar-refractivity contribution in [1.82, 2.24) is 9.38 Å². The molecule has 4 heteroatoms. The van der Waals surface area contributed by atoms with Crippen LogP contribution in [-0.4, -0.2) is 22.8 Å². The highest BCUT2D eigenvalue weighted by Gasteiger charge is 2.07. The van der Waals surface area contributed by atoms with Crippen molar-refractivity contribution >= 4 is 11.9 Å². The van der Waals surface area contributed by atoms with Crippen LogP contribution in [0.15, 0.2) is 48.8 Å². The molecule has 94 valence electrons. The lowest BCUT2D eigenvalue weighted by atomic mass is 10.2. The van der Waals surface area contributed by atoms with Crippen LogP contribution >= 0.6 is 0 Å². The van der Waals surface area contributed by atoms with Crippen LogP contribution in [0.25, 0.3) is 16.9 Å². The second kappa shape index (κ2) is 4.57. The first-order valence-corrected chi connectivity index (χ1v) is 5.89. The maximum Gasteiger partial charge on any atom is 0.153 e. The van der Waals surface area contributed by atoms with E-state index in [1.807, 2.05) is 47.1 Å². The Morgan fingerprint density at radius 1 is 1.21 bits per heavy atom. The molecule has 0 aliphatic rings. The summed E-state index contributed by atoms with van der Waals surface area (Å²) in [6.45, 7) is 0. The molecular weight excluding hydrogens is 240 g/mol. The van der Waals surface area contributed by atoms with Crippen molar-refractivity contribution in [3.63, 3.8) is 0 Å². The summed E-state index contributed by atoms with van der Waals surface area (Å²) in [7, 11) is 1.64. The van der Waals surface area contributed by atoms with Crippen molar-refractivity contribution in [3.8, 4) is 17.0 Å². The summed E-state index contributed by atoms with van der Waals surface area (Å²) in [6, 6.07) is 11.3. The van der Waals surface area contributed by atoms with Crippen LogP contribution in [0.4, 0.5) is 0 Å². The summed E-state index contributed by atoms with van der Waals surface area (Å²) in [5.41, 5.74) is 3.07. The number of nitrogens with zero attached hydrogens (tertiary/aromatic N) is 2. The van der Waals surface area contributed by atoms with Crippen LogP contribution in [0, 0.1) is 0 Å². The topological polar surface area (TPSA) is 43.6 Å². The molecule has 0 fully saturated rings. The zero-order valence-corrected chi connectivity index (χ0v) is 10.4. The number of aldehydes is 1. The van der Waals surface area contributed by atoms with E-state index in [4.69, 9.17) is 4.74 Å². The fourth-order valence-corrected chi connectivity index (χ4v) is 2.03. The minimum atomic E-state index is 0.585. The lowest BCUT2D eigenvalue weighted by molar-refractivity contribution is 0.112. The number of ether oxygens (including phenoxy) is 1. The fourth-order valence-electron chi connectivity index (χ4n) is 2.03. The summed E-state index contributed by atoms with van der Waals surface area (Å²) in [5.74, 6) is 0.807. The van der Waals surface area contributed by atoms with E-state index in [9.17, 15) is 4.79 Å². The van der Waals surface area contributed by atoms with Crippen molar-refractivity contribution in [2.45, 2.75) is 0 Å². The molecule has 0 amide bonds. The van der Waals surface area contributed by atoms with E-state index < -0.39 is 0 Å². The predicted octanol–water partition coefficient (Wildman–Crippen LogP) is 2.82. The van der Waals surface area contributed by atoms with Gasteiger partial charge < -0.3 is 9.14 Å². The molecule has 0 spiro atoms. The Kier molecular flexibility index (Phi) is 2.76. The van der Waals surface area contributed by atoms with Crippen LogP contribution in [-0.2, 0) is 0 Å². The molecule has 0 saturated carbocycles. The van der Waals surface area contributed by atoms with E-state index in [1.54, 1.807) is 13.2 Å². The molecule has 0 bridgehead atoms. The maximum absolute atomic E-state index is 11.0. The van der Waals surface area contributed by atoms with Crippen molar-refractivity contribution in [1.29, 1.82) is 0 Å². The second-order valence-corrected chi connectivity index (χ2v) is 4.17. The highest BCUT2D eigenvalue weighted by atomic mass is 16.5. The van der Waals surface area contributed by atoms with Crippen molar-refractivity contribution in [2.24, 2.45) is 0 Å². The van der Waals surface area contributed by atoms with Gasteiger partial charge in [-0.15, -0.1) is 0 Å². The molecule has 0 unspecified atom stereocenters. The van der Waals surface area contributed by atoms with Crippen LogP contribution in [0.5, 0.6) is 5.75 Å². The van der Waals surface area contributed by atoms with E-state index in [0.29, 0.717) is 11.2 Å². The molecule has 2 aromatic heterocycles. The molecule has 3 aromatic rings. The summed E-state index contributed by atoms with van der Waals surface area (Å²) in [4.78, 5) is 15.5. The molecule has 3 rings (SSSR count). The Morgan fingerprint density at radius 3 is 2.68 bits per heavy atom. The first-order valence-electron chi connectivity index (χ1n) is 5.89. The van der Waals surface area contributed by atoms with E-state index in [0.717, 1.165) is 23.3 Å². The second-order valence-electron chi connectivity index (χ2n) is 4.17. The fraction of sp³-hybridized carbons (Fsp3) is 0.0667. The lowest BCUT2D eigenvalue weighted by Crippen LogP contribution is -1.88. The molecule has 4 nitrogen and oxygen atoms in total. The van der Waals surface area contributed by atoms with E-state index in [2.05, 4.69) is 4.98 Å². The summed E-state index contributed by atoms with van der Waals surface area (Å²) in [6.07, 6.45) is 4.60. The third-order valence-electron chi connectivity index (χ3n) is 3.03. The number of hydrogen-bond acceptors (Lipinski definition) is 3. The van der Waals surface area contributed by atoms with Gasteiger partial charge in [-0.2, -0.15) is 0 Å². The Morgan fingerprint density at radius 2 is 2.00 bits per heavy atom. The molecule has 19 heavy (non-hydrogen) atoms. The maximum atomic E-state index is 11.0. The van der Waals surface area contributed by atoms with Crippen molar-refractivity contribution < 1.29 is 9.53 Å². The Hall–Kier alpha value is -2.62. The number of aromatic nitrogens is 2. The molecule has 0 radical (unpaired) electrons. The number of benzene rings is 1. The number of imidazole rings is 1. The lowest BCUT2D eigenvalue weighted by Gasteiger charge is -1.99. The van der Waals surface area contributed by atoms with Crippen molar-refractivity contribution in [3.05, 3.63) is 54.4 Å². The van der Waals surface area contributed by atoms with Crippen LogP contribution in [0.2, 0.25) is 0 Å². The number of fused-ring (bicyclic) bond motifs is 1. The van der Waals surface area contributed by atoms with Crippen LogP contribution < -0.4 is 4.74 Å². The van der Waals surface area contributed by atoms with Gasteiger partial charge in [0.2, 0.25) is 0 Å². The quantitative estimate of drug-likeness (QED) is 0.673. The van der Waals surface area contributed by atoms with E-state index in [-0.39, 0.29) is 0 Å². The van der Waals surface area contributed by atoms with Gasteiger partial charge in [0.25, 0.3) is 0 Å². The first-order chi connectivity index (χ1) is 9.31. The number of pyridine rings is 1. The van der Waals surface area contributed by atoms with Gasteiger partial charge in [-0.25, -0.2) is 4.98 Å². The van der Waals surface area contributed by atoms with E-state index in [1.165, 1.54) is 0 Å². The standard InChI is InChI=1S/C15H12N2O2/c1-19-13-6-4-11(5-7-13)14-9-17-8-2-3-12(10-18)15(17)16-14/h2-10H,1H3. The van der Waals surface area contributed by atoms with Gasteiger partial charge in [0.1, 0.15) is 11.4 Å². The van der Waals surface area contributed by atoms with E-state index >= 15 is 0 Å². The van der Waals surface area contributed by atoms with Gasteiger partial charge in [0, 0.05) is 18.0 Å². The van der Waals surface area contributed by atoms with Gasteiger partial charge in [-0.05, 0) is 36.4 Å². The third kappa shape index (κ3) is 1.97. The molecule has 0 aliphatic heterocycles. The molecule has 1 aromatic carbocycles. The Labute approximate surface area is 110 Å². The minimum Gasteiger partial charge on any atom is -0.497 e. The predicted molar refractivity (Wildman–Crippen MR) is 72.6 cm³/mol. The zero-order chi connectivity index (χ0) is 13.2. The summed E-state index contributed by atoms with van der Waals surface area (Å²) in [5, 5.41) is 0. The minimum absolute atomic E-state index is 0.585. The van der Waals surface area contributed by atoms with Gasteiger partial charge in [0.15, 0.2) is 6.29 Å². The third-order valence-corrected chi connectivity index (χ3v) is 3.03. The van der Waals surface area contributed by atoms with Gasteiger partial charge >= 0.3 is 0 Å². The first kappa shape index (κ1) is 11.5. The van der Waals surface area contributed by atoms with Crippen LogP contribution in [0.3, 0.4) is 0 Å². The molecule has 0 N–H and O–H groups in total. The average Bonchev–Trinajstić information content (AvgIpc) is 2.91. The zero-order valence-electron chi connectivity index (χ0n) is 10.4. The smallest absolute Gasteiger partial charge is 0.153 e. The Balaban J connectivity index is 2.12. The average molecular weight is 252 g/mol. The molecule has 2 heterocycles. The normalized spacial score (nSPS) is 10.6. The van der Waals surface area contributed by atoms with Gasteiger partial charge in [-0.3, -0.25) is 4.79 Å². The Bertz CT molecular complexity index is 729. The number of carbonyl (C=O) groups is 1. The number of carbonyl (C=O) groups excluding carboxylic acids is 1. The van der Waals surface area contributed by atoms with Crippen molar-refractivity contribution in [2.75, 3.05) is 7.11 Å². The highest BCUT2D eigenvalue weighted by molar-refractivity contribution is 5.85. The number of rotatable bonds is 3. The molecule has 0 saturated heterocycles. The summed E-state index contributed by atoms with van der Waals surface area (Å²) >= 11 is 0. The molecule has 0 aliphatic carbocycles. The SMILES string of the molecule is COc1ccc(-c2cn3cccc(C=O)c3n2)cc1. The highest BCUT2D eigenvalue weighted by Crippen LogP contribution is 2.22. The summed E-state index contributed by atoms with van der Waals surface area (Å²) < 4.78 is 6.98. The molecule has 0 atom stereocenters. The molecular formula is C15H12N2O2. The number of hydrogen-bond donors (Lipinski definition) is 0. The van der Waals surface area contributed by atoms with Gasteiger partial charge in [0.05, 0.1) is 18.4 Å².